The number of carbonyl (C=O) groups excluding carboxylic acids is 2. The fraction of sp³-hybridized carbons (Fsp3) is 0.312. The van der Waals surface area contributed by atoms with Crippen LogP contribution in [0.5, 0.6) is 0 Å². The van der Waals surface area contributed by atoms with Crippen LogP contribution in [0.1, 0.15) is 12.1 Å². The maximum absolute atomic E-state index is 12.0. The van der Waals surface area contributed by atoms with Crippen LogP contribution < -0.4 is 0 Å². The van der Waals surface area contributed by atoms with Crippen molar-refractivity contribution in [3.8, 4) is 5.69 Å². The molecule has 9 heteroatoms. The van der Waals surface area contributed by atoms with Crippen LogP contribution in [0.4, 0.5) is 4.79 Å². The number of hydrogen-bond acceptors (Lipinski definition) is 5. The van der Waals surface area contributed by atoms with Gasteiger partial charge in [-0.15, -0.1) is 0 Å². The van der Waals surface area contributed by atoms with Crippen LogP contribution >= 0.6 is 35.0 Å². The van der Waals surface area contributed by atoms with E-state index in [2.05, 4.69) is 4.98 Å². The van der Waals surface area contributed by atoms with Gasteiger partial charge in [-0.3, -0.25) is 14.2 Å². The summed E-state index contributed by atoms with van der Waals surface area (Å²) >= 11 is 13.5. The van der Waals surface area contributed by atoms with Crippen LogP contribution in [-0.2, 0) is 16.1 Å². The van der Waals surface area contributed by atoms with E-state index in [0.717, 1.165) is 11.4 Å². The van der Waals surface area contributed by atoms with E-state index < -0.39 is 5.97 Å². The maximum atomic E-state index is 12.0. The standard InChI is InChI=1S/C16H15Cl2N3O3S/c17-14-12(21(15(18)19-14)11-4-2-1-3-5-11)10-24-13(22)6-7-20-8-9-25-16(20)23/h1-5H,6-10H2. The first-order valence-corrected chi connectivity index (χ1v) is 9.36. The summed E-state index contributed by atoms with van der Waals surface area (Å²) in [6.45, 7) is 0.977. The minimum Gasteiger partial charge on any atom is -0.459 e. The van der Waals surface area contributed by atoms with Crippen LogP contribution in [0.3, 0.4) is 0 Å². The summed E-state index contributed by atoms with van der Waals surface area (Å²) in [5, 5.41) is 0.388. The predicted molar refractivity (Wildman–Crippen MR) is 97.4 cm³/mol. The molecule has 6 nitrogen and oxygen atoms in total. The minimum atomic E-state index is -0.405. The number of rotatable bonds is 6. The second kappa shape index (κ2) is 8.12. The maximum Gasteiger partial charge on any atom is 0.307 e. The van der Waals surface area contributed by atoms with Gasteiger partial charge in [0, 0.05) is 24.5 Å². The molecule has 1 fully saturated rings. The van der Waals surface area contributed by atoms with Gasteiger partial charge < -0.3 is 9.64 Å². The van der Waals surface area contributed by atoms with Crippen molar-refractivity contribution in [2.24, 2.45) is 0 Å². The topological polar surface area (TPSA) is 64.4 Å². The molecule has 0 aliphatic carbocycles. The van der Waals surface area contributed by atoms with E-state index in [0.29, 0.717) is 18.8 Å². The summed E-state index contributed by atoms with van der Waals surface area (Å²) in [5.74, 6) is 0.357. The molecule has 1 saturated heterocycles. The summed E-state index contributed by atoms with van der Waals surface area (Å²) in [6.07, 6.45) is 0.136. The highest BCUT2D eigenvalue weighted by atomic mass is 35.5. The quantitative estimate of drug-likeness (QED) is 0.691. The zero-order chi connectivity index (χ0) is 17.8. The van der Waals surface area contributed by atoms with Crippen molar-refractivity contribution in [3.05, 3.63) is 46.5 Å². The van der Waals surface area contributed by atoms with E-state index in [4.69, 9.17) is 27.9 Å². The first kappa shape index (κ1) is 18.1. The number of para-hydroxylation sites is 1. The number of benzene rings is 1. The molecular weight excluding hydrogens is 385 g/mol. The lowest BCUT2D eigenvalue weighted by atomic mass is 10.3. The molecular formula is C16H15Cl2N3O3S. The zero-order valence-corrected chi connectivity index (χ0v) is 15.5. The van der Waals surface area contributed by atoms with E-state index in [1.165, 1.54) is 11.8 Å². The van der Waals surface area contributed by atoms with Crippen LogP contribution in [-0.4, -0.2) is 44.5 Å². The molecule has 0 unspecified atom stereocenters. The Balaban J connectivity index is 1.63. The van der Waals surface area contributed by atoms with Crippen molar-refractivity contribution < 1.29 is 14.3 Å². The molecule has 0 atom stereocenters. The third kappa shape index (κ3) is 4.29. The summed E-state index contributed by atoms with van der Waals surface area (Å²) in [7, 11) is 0. The fourth-order valence-electron chi connectivity index (χ4n) is 2.44. The molecule has 0 spiro atoms. The molecule has 1 aromatic heterocycles. The molecule has 0 bridgehead atoms. The molecule has 3 rings (SSSR count). The minimum absolute atomic E-state index is 0.00443. The highest BCUT2D eigenvalue weighted by molar-refractivity contribution is 8.13. The number of imidazole rings is 1. The summed E-state index contributed by atoms with van der Waals surface area (Å²) < 4.78 is 6.93. The van der Waals surface area contributed by atoms with Gasteiger partial charge >= 0.3 is 5.97 Å². The third-order valence-corrected chi connectivity index (χ3v) is 5.15. The Bertz CT molecular complexity index is 782. The van der Waals surface area contributed by atoms with Crippen molar-refractivity contribution in [1.82, 2.24) is 14.5 Å². The zero-order valence-electron chi connectivity index (χ0n) is 13.2. The summed E-state index contributed by atoms with van der Waals surface area (Å²) in [6, 6.07) is 9.31. The van der Waals surface area contributed by atoms with Crippen LogP contribution in [0, 0.1) is 0 Å². The Morgan fingerprint density at radius 2 is 2.04 bits per heavy atom. The van der Waals surface area contributed by atoms with Gasteiger partial charge in [-0.1, -0.05) is 41.6 Å². The van der Waals surface area contributed by atoms with Gasteiger partial charge in [0.1, 0.15) is 12.3 Å². The van der Waals surface area contributed by atoms with Gasteiger partial charge in [-0.05, 0) is 23.7 Å². The molecule has 1 aliphatic heterocycles. The average Bonchev–Trinajstić information content (AvgIpc) is 3.14. The van der Waals surface area contributed by atoms with Gasteiger partial charge in [0.05, 0.1) is 6.42 Å². The van der Waals surface area contributed by atoms with E-state index in [1.54, 1.807) is 9.47 Å². The van der Waals surface area contributed by atoms with Crippen molar-refractivity contribution in [1.29, 1.82) is 0 Å². The molecule has 1 aromatic carbocycles. The van der Waals surface area contributed by atoms with Crippen molar-refractivity contribution >= 4 is 46.2 Å². The highest BCUT2D eigenvalue weighted by Crippen LogP contribution is 2.26. The number of carbonyl (C=O) groups is 2. The Hall–Kier alpha value is -1.70. The van der Waals surface area contributed by atoms with Crippen molar-refractivity contribution in [3.63, 3.8) is 0 Å². The number of amides is 1. The smallest absolute Gasteiger partial charge is 0.307 e. The number of aromatic nitrogens is 2. The number of esters is 1. The Kier molecular flexibility index (Phi) is 5.88. The van der Waals surface area contributed by atoms with Gasteiger partial charge in [-0.2, -0.15) is 0 Å². The molecule has 1 aliphatic rings. The number of thioether (sulfide) groups is 1. The lowest BCUT2D eigenvalue weighted by Crippen LogP contribution is -2.26. The van der Waals surface area contributed by atoms with Gasteiger partial charge in [0.15, 0.2) is 5.15 Å². The highest BCUT2D eigenvalue weighted by Gasteiger charge is 2.22. The summed E-state index contributed by atoms with van der Waals surface area (Å²) in [4.78, 5) is 29.2. The van der Waals surface area contributed by atoms with Crippen LogP contribution in [0.15, 0.2) is 30.3 Å². The average molecular weight is 400 g/mol. The molecule has 25 heavy (non-hydrogen) atoms. The SMILES string of the molecule is O=C(CCN1CCSC1=O)OCc1c(Cl)nc(Cl)n1-c1ccccc1. The molecule has 1 amide bonds. The Morgan fingerprint density at radius 1 is 1.28 bits per heavy atom. The first-order valence-electron chi connectivity index (χ1n) is 7.61. The molecule has 2 heterocycles. The van der Waals surface area contributed by atoms with E-state index in [1.807, 2.05) is 30.3 Å². The number of ether oxygens (including phenoxy) is 1. The largest absolute Gasteiger partial charge is 0.459 e. The summed E-state index contributed by atoms with van der Waals surface area (Å²) in [5.41, 5.74) is 1.27. The third-order valence-electron chi connectivity index (χ3n) is 3.70. The van der Waals surface area contributed by atoms with E-state index in [-0.39, 0.29) is 28.7 Å². The number of hydrogen-bond donors (Lipinski definition) is 0. The van der Waals surface area contributed by atoms with E-state index >= 15 is 0 Å². The fourth-order valence-corrected chi connectivity index (χ4v) is 3.84. The molecule has 0 saturated carbocycles. The van der Waals surface area contributed by atoms with Crippen molar-refractivity contribution in [2.75, 3.05) is 18.8 Å². The second-order valence-electron chi connectivity index (χ2n) is 5.30. The van der Waals surface area contributed by atoms with Gasteiger partial charge in [-0.25, -0.2) is 4.98 Å². The van der Waals surface area contributed by atoms with Crippen molar-refractivity contribution in [2.45, 2.75) is 13.0 Å². The predicted octanol–water partition coefficient (Wildman–Crippen LogP) is 3.78. The van der Waals surface area contributed by atoms with Crippen LogP contribution in [0.25, 0.3) is 5.69 Å². The molecule has 0 radical (unpaired) electrons. The second-order valence-corrected chi connectivity index (χ2v) is 7.04. The van der Waals surface area contributed by atoms with E-state index in [9.17, 15) is 9.59 Å². The molecule has 2 aromatic rings. The Morgan fingerprint density at radius 3 is 2.72 bits per heavy atom. The first-order chi connectivity index (χ1) is 12.1. The number of nitrogens with zero attached hydrogens (tertiary/aromatic N) is 3. The molecule has 132 valence electrons. The normalized spacial score (nSPS) is 14.2. The van der Waals surface area contributed by atoms with Gasteiger partial charge in [0.2, 0.25) is 5.28 Å². The lowest BCUT2D eigenvalue weighted by molar-refractivity contribution is -0.145. The number of halogens is 2. The van der Waals surface area contributed by atoms with Gasteiger partial charge in [0.25, 0.3) is 5.24 Å². The monoisotopic (exact) mass is 399 g/mol. The van der Waals surface area contributed by atoms with Crippen LogP contribution in [0.2, 0.25) is 10.4 Å². The Labute approximate surface area is 159 Å². The molecule has 0 N–H and O–H groups in total. The lowest BCUT2D eigenvalue weighted by Gasteiger charge is -2.14.